The third-order valence-electron chi connectivity index (χ3n) is 5.84. The fraction of sp³-hybridized carbons (Fsp3) is 0.296. The van der Waals surface area contributed by atoms with Crippen molar-refractivity contribution in [1.29, 1.82) is 0 Å². The average molecular weight is 471 g/mol. The van der Waals surface area contributed by atoms with E-state index >= 15 is 0 Å². The van der Waals surface area contributed by atoms with Gasteiger partial charge < -0.3 is 15.6 Å². The number of rotatable bonds is 9. The Bertz CT molecular complexity index is 1360. The zero-order valence-electron chi connectivity index (χ0n) is 20.5. The quantitative estimate of drug-likeness (QED) is 0.174. The largest absolute Gasteiger partial charge is 0.349 e. The molecule has 0 aliphatic carbocycles. The molecular weight excluding hydrogens is 440 g/mol. The number of aromatic nitrogens is 4. The van der Waals surface area contributed by atoms with Crippen LogP contribution in [0, 0.1) is 6.92 Å². The minimum absolute atomic E-state index is 0.165. The molecule has 8 heteroatoms. The SMILES string of the molecule is CCCCNC(=O)C(=O)c1c[nH]c2nccc(Nc3nc(-c4ccc(C)cc4)ncc3C(C)C)c12. The molecule has 0 aliphatic heterocycles. The van der Waals surface area contributed by atoms with Gasteiger partial charge in [-0.05, 0) is 25.3 Å². The van der Waals surface area contributed by atoms with Crippen LogP contribution in [0.15, 0.2) is 48.9 Å². The monoisotopic (exact) mass is 470 g/mol. The third-order valence-corrected chi connectivity index (χ3v) is 5.84. The van der Waals surface area contributed by atoms with Crippen LogP contribution in [0.3, 0.4) is 0 Å². The Balaban J connectivity index is 1.73. The summed E-state index contributed by atoms with van der Waals surface area (Å²) in [5.41, 5.74) is 4.42. The predicted octanol–water partition coefficient (Wildman–Crippen LogP) is 5.29. The number of fused-ring (bicyclic) bond motifs is 1. The van der Waals surface area contributed by atoms with Gasteiger partial charge in [0.2, 0.25) is 0 Å². The number of hydrogen-bond acceptors (Lipinski definition) is 6. The molecule has 180 valence electrons. The molecule has 1 amide bonds. The number of hydrogen-bond donors (Lipinski definition) is 3. The first-order valence-corrected chi connectivity index (χ1v) is 11.9. The Morgan fingerprint density at radius 3 is 2.57 bits per heavy atom. The van der Waals surface area contributed by atoms with Crippen molar-refractivity contribution in [2.24, 2.45) is 0 Å². The van der Waals surface area contributed by atoms with Crippen molar-refractivity contribution in [2.75, 3.05) is 11.9 Å². The first-order chi connectivity index (χ1) is 16.9. The summed E-state index contributed by atoms with van der Waals surface area (Å²) in [5, 5.41) is 6.64. The highest BCUT2D eigenvalue weighted by atomic mass is 16.2. The number of nitrogens with zero attached hydrogens (tertiary/aromatic N) is 3. The number of aromatic amines is 1. The molecule has 4 rings (SSSR count). The molecule has 0 spiro atoms. The summed E-state index contributed by atoms with van der Waals surface area (Å²) in [4.78, 5) is 42.2. The van der Waals surface area contributed by atoms with Crippen molar-refractivity contribution >= 4 is 34.2 Å². The molecule has 0 radical (unpaired) electrons. The molecule has 1 aromatic carbocycles. The van der Waals surface area contributed by atoms with Gasteiger partial charge in [-0.15, -0.1) is 0 Å². The van der Waals surface area contributed by atoms with E-state index in [0.717, 1.165) is 29.5 Å². The number of pyridine rings is 1. The number of aryl methyl sites for hydroxylation is 1. The van der Waals surface area contributed by atoms with Gasteiger partial charge in [0.05, 0.1) is 16.6 Å². The van der Waals surface area contributed by atoms with Gasteiger partial charge in [-0.25, -0.2) is 15.0 Å². The second-order valence-electron chi connectivity index (χ2n) is 8.87. The number of ketones is 1. The molecule has 3 aromatic heterocycles. The van der Waals surface area contributed by atoms with Crippen LogP contribution < -0.4 is 10.6 Å². The summed E-state index contributed by atoms with van der Waals surface area (Å²) >= 11 is 0. The molecular formula is C27H30N6O2. The normalized spacial score (nSPS) is 11.1. The van der Waals surface area contributed by atoms with Crippen molar-refractivity contribution in [1.82, 2.24) is 25.3 Å². The molecule has 0 saturated heterocycles. The van der Waals surface area contributed by atoms with Crippen molar-refractivity contribution < 1.29 is 9.59 Å². The molecule has 0 bridgehead atoms. The number of nitrogens with one attached hydrogen (secondary N) is 3. The van der Waals surface area contributed by atoms with Crippen LogP contribution in [0.25, 0.3) is 22.4 Å². The zero-order chi connectivity index (χ0) is 24.9. The number of unbranched alkanes of at least 4 members (excludes halogenated alkanes) is 1. The van der Waals surface area contributed by atoms with Crippen molar-refractivity contribution in [2.45, 2.75) is 46.5 Å². The molecule has 0 aliphatic rings. The summed E-state index contributed by atoms with van der Waals surface area (Å²) in [7, 11) is 0. The van der Waals surface area contributed by atoms with Crippen LogP contribution in [-0.4, -0.2) is 38.2 Å². The molecule has 8 nitrogen and oxygen atoms in total. The van der Waals surface area contributed by atoms with E-state index in [1.54, 1.807) is 12.3 Å². The lowest BCUT2D eigenvalue weighted by Gasteiger charge is -2.15. The van der Waals surface area contributed by atoms with Crippen LogP contribution in [0.5, 0.6) is 0 Å². The number of H-pyrrole nitrogens is 1. The Hall–Kier alpha value is -4.07. The minimum Gasteiger partial charge on any atom is -0.349 e. The summed E-state index contributed by atoms with van der Waals surface area (Å²) in [5.74, 6) is 0.183. The number of benzene rings is 1. The number of carbonyl (C=O) groups is 2. The lowest BCUT2D eigenvalue weighted by Crippen LogP contribution is -2.31. The highest BCUT2D eigenvalue weighted by Gasteiger charge is 2.23. The van der Waals surface area contributed by atoms with Gasteiger partial charge in [-0.1, -0.05) is 57.0 Å². The molecule has 4 aromatic rings. The van der Waals surface area contributed by atoms with Gasteiger partial charge in [0, 0.05) is 36.3 Å². The molecule has 35 heavy (non-hydrogen) atoms. The second kappa shape index (κ2) is 10.5. The maximum atomic E-state index is 12.9. The van der Waals surface area contributed by atoms with Crippen LogP contribution >= 0.6 is 0 Å². The van der Waals surface area contributed by atoms with Crippen molar-refractivity contribution in [3.8, 4) is 11.4 Å². The highest BCUT2D eigenvalue weighted by Crippen LogP contribution is 2.32. The number of anilines is 2. The van der Waals surface area contributed by atoms with E-state index < -0.39 is 11.7 Å². The van der Waals surface area contributed by atoms with Gasteiger partial charge in [-0.2, -0.15) is 0 Å². The second-order valence-corrected chi connectivity index (χ2v) is 8.87. The van der Waals surface area contributed by atoms with Crippen LogP contribution in [0.1, 0.15) is 61.0 Å². The van der Waals surface area contributed by atoms with Crippen molar-refractivity contribution in [3.63, 3.8) is 0 Å². The van der Waals surface area contributed by atoms with E-state index in [1.807, 2.05) is 44.3 Å². The van der Waals surface area contributed by atoms with Crippen LogP contribution in [0.2, 0.25) is 0 Å². The first-order valence-electron chi connectivity index (χ1n) is 11.9. The first kappa shape index (κ1) is 24.1. The van der Waals surface area contributed by atoms with E-state index in [1.165, 1.54) is 6.20 Å². The number of carbonyl (C=O) groups excluding carboxylic acids is 2. The lowest BCUT2D eigenvalue weighted by atomic mass is 10.0. The van der Waals surface area contributed by atoms with Crippen LogP contribution in [-0.2, 0) is 4.79 Å². The molecule has 3 N–H and O–H groups in total. The van der Waals surface area contributed by atoms with Gasteiger partial charge in [-0.3, -0.25) is 9.59 Å². The van der Waals surface area contributed by atoms with E-state index in [0.29, 0.717) is 34.9 Å². The Kier molecular flexibility index (Phi) is 7.19. The number of Topliss-reactive ketones (excluding diaryl/α,β-unsaturated/α-hetero) is 1. The van der Waals surface area contributed by atoms with Gasteiger partial charge in [0.1, 0.15) is 11.5 Å². The predicted molar refractivity (Wildman–Crippen MR) is 138 cm³/mol. The Labute approximate surface area is 204 Å². The fourth-order valence-corrected chi connectivity index (χ4v) is 3.80. The summed E-state index contributed by atoms with van der Waals surface area (Å²) in [6.07, 6.45) is 6.76. The lowest BCUT2D eigenvalue weighted by molar-refractivity contribution is -0.117. The van der Waals surface area contributed by atoms with E-state index in [-0.39, 0.29) is 11.5 Å². The standard InChI is InChI=1S/C27H30N6O2/c1-5-6-12-29-27(35)23(34)20-15-31-26-22(20)21(11-13-28-26)32-25-19(16(2)3)14-30-24(33-25)18-9-7-17(4)8-10-18/h7-11,13-16H,5-6,12H2,1-4H3,(H,29,35)(H2,28,30,31,32,33). The third kappa shape index (κ3) is 5.21. The van der Waals surface area contributed by atoms with E-state index in [2.05, 4.69) is 39.4 Å². The van der Waals surface area contributed by atoms with E-state index in [4.69, 9.17) is 4.98 Å². The van der Waals surface area contributed by atoms with Crippen molar-refractivity contribution in [3.05, 3.63) is 65.6 Å². The molecule has 3 heterocycles. The number of amides is 1. The molecule has 0 atom stereocenters. The van der Waals surface area contributed by atoms with Gasteiger partial charge in [0.15, 0.2) is 5.82 Å². The minimum atomic E-state index is -0.624. The Morgan fingerprint density at radius 1 is 1.09 bits per heavy atom. The maximum Gasteiger partial charge on any atom is 0.292 e. The zero-order valence-corrected chi connectivity index (χ0v) is 20.5. The molecule has 0 unspecified atom stereocenters. The van der Waals surface area contributed by atoms with Gasteiger partial charge in [0.25, 0.3) is 11.7 Å². The fourth-order valence-electron chi connectivity index (χ4n) is 3.80. The molecule has 0 fully saturated rings. The summed E-state index contributed by atoms with van der Waals surface area (Å²) in [6, 6.07) is 9.82. The Morgan fingerprint density at radius 2 is 1.86 bits per heavy atom. The average Bonchev–Trinajstić information content (AvgIpc) is 3.29. The maximum absolute atomic E-state index is 12.9. The highest BCUT2D eigenvalue weighted by molar-refractivity contribution is 6.45. The summed E-state index contributed by atoms with van der Waals surface area (Å²) < 4.78 is 0. The smallest absolute Gasteiger partial charge is 0.292 e. The summed E-state index contributed by atoms with van der Waals surface area (Å²) in [6.45, 7) is 8.67. The topological polar surface area (TPSA) is 113 Å². The van der Waals surface area contributed by atoms with Crippen LogP contribution in [0.4, 0.5) is 11.5 Å². The van der Waals surface area contributed by atoms with E-state index in [9.17, 15) is 9.59 Å². The molecule has 0 saturated carbocycles. The van der Waals surface area contributed by atoms with Gasteiger partial charge >= 0.3 is 0 Å².